The molecule has 2 aromatic rings. The third-order valence-electron chi connectivity index (χ3n) is 4.65. The van der Waals surface area contributed by atoms with E-state index in [0.29, 0.717) is 25.9 Å². The minimum absolute atomic E-state index is 0.373. The van der Waals surface area contributed by atoms with Crippen LogP contribution in [0.25, 0.3) is 0 Å². The molecule has 0 unspecified atom stereocenters. The van der Waals surface area contributed by atoms with E-state index < -0.39 is 0 Å². The van der Waals surface area contributed by atoms with Crippen molar-refractivity contribution < 1.29 is 13.9 Å². The fraction of sp³-hybridized carbons (Fsp3) is 0.500. The molecule has 6 heteroatoms. The number of hydrogen-bond donors (Lipinski definition) is 2. The van der Waals surface area contributed by atoms with E-state index in [1.54, 1.807) is 6.26 Å². The lowest BCUT2D eigenvalue weighted by Crippen LogP contribution is -2.38. The third-order valence-corrected chi connectivity index (χ3v) is 4.65. The van der Waals surface area contributed by atoms with Gasteiger partial charge in [-0.2, -0.15) is 0 Å². The van der Waals surface area contributed by atoms with Crippen molar-refractivity contribution >= 4 is 5.96 Å². The van der Waals surface area contributed by atoms with Gasteiger partial charge in [-0.05, 0) is 50.8 Å². The number of ether oxygens (including phenoxy) is 2. The molecule has 1 saturated carbocycles. The lowest BCUT2D eigenvalue weighted by molar-refractivity contribution is 0.105. The zero-order chi connectivity index (χ0) is 19.4. The Hall–Kier alpha value is -2.47. The summed E-state index contributed by atoms with van der Waals surface area (Å²) in [7, 11) is 0. The van der Waals surface area contributed by atoms with Crippen molar-refractivity contribution in [1.82, 2.24) is 10.6 Å². The number of benzene rings is 1. The van der Waals surface area contributed by atoms with Crippen LogP contribution in [0.3, 0.4) is 0 Å². The highest BCUT2D eigenvalue weighted by Gasteiger charge is 2.20. The molecule has 0 spiro atoms. The second-order valence-corrected chi connectivity index (χ2v) is 6.89. The largest absolute Gasteiger partial charge is 0.490 e. The first-order valence-corrected chi connectivity index (χ1v) is 10.2. The Kier molecular flexibility index (Phi) is 8.25. The maximum Gasteiger partial charge on any atom is 0.191 e. The van der Waals surface area contributed by atoms with E-state index in [1.807, 2.05) is 30.3 Å². The van der Waals surface area contributed by atoms with E-state index in [9.17, 15) is 0 Å². The van der Waals surface area contributed by atoms with Crippen LogP contribution < -0.4 is 15.4 Å². The number of furan rings is 1. The van der Waals surface area contributed by atoms with Gasteiger partial charge in [0.25, 0.3) is 0 Å². The van der Waals surface area contributed by atoms with E-state index >= 15 is 0 Å². The molecule has 1 aliphatic carbocycles. The fourth-order valence-corrected chi connectivity index (χ4v) is 2.87. The summed E-state index contributed by atoms with van der Waals surface area (Å²) < 4.78 is 17.0. The van der Waals surface area contributed by atoms with E-state index in [2.05, 4.69) is 23.6 Å². The fourth-order valence-electron chi connectivity index (χ4n) is 2.87. The quantitative estimate of drug-likeness (QED) is 0.349. The summed E-state index contributed by atoms with van der Waals surface area (Å²) in [6.07, 6.45) is 6.51. The molecule has 28 heavy (non-hydrogen) atoms. The predicted octanol–water partition coefficient (Wildman–Crippen LogP) is 3.87. The molecule has 152 valence electrons. The molecule has 1 fully saturated rings. The summed E-state index contributed by atoms with van der Waals surface area (Å²) in [5.74, 6) is 2.62. The van der Waals surface area contributed by atoms with Crippen molar-refractivity contribution in [2.45, 2.75) is 51.9 Å². The molecule has 1 aliphatic rings. The van der Waals surface area contributed by atoms with Crippen LogP contribution >= 0.6 is 0 Å². The Bertz CT molecular complexity index is 712. The first-order valence-electron chi connectivity index (χ1n) is 10.2. The van der Waals surface area contributed by atoms with Gasteiger partial charge in [0.15, 0.2) is 5.96 Å². The highest BCUT2D eigenvalue weighted by atomic mass is 16.5. The number of rotatable bonds is 11. The molecule has 1 aromatic heterocycles. The van der Waals surface area contributed by atoms with Crippen LogP contribution in [0, 0.1) is 0 Å². The Morgan fingerprint density at radius 2 is 2.07 bits per heavy atom. The van der Waals surface area contributed by atoms with Crippen molar-refractivity contribution in [2.75, 3.05) is 19.7 Å². The minimum Gasteiger partial charge on any atom is -0.490 e. The molecule has 0 bridgehead atoms. The van der Waals surface area contributed by atoms with E-state index in [4.69, 9.17) is 18.9 Å². The Morgan fingerprint density at radius 3 is 2.82 bits per heavy atom. The molecule has 0 atom stereocenters. The summed E-state index contributed by atoms with van der Waals surface area (Å²) in [5.41, 5.74) is 1.12. The van der Waals surface area contributed by atoms with E-state index in [-0.39, 0.29) is 0 Å². The van der Waals surface area contributed by atoms with Crippen LogP contribution in [-0.2, 0) is 17.9 Å². The number of hydrogen-bond acceptors (Lipinski definition) is 4. The van der Waals surface area contributed by atoms with Crippen LogP contribution in [-0.4, -0.2) is 31.8 Å². The minimum atomic E-state index is 0.373. The second-order valence-electron chi connectivity index (χ2n) is 6.89. The highest BCUT2D eigenvalue weighted by molar-refractivity contribution is 5.79. The lowest BCUT2D eigenvalue weighted by Gasteiger charge is -2.27. The van der Waals surface area contributed by atoms with E-state index in [1.165, 1.54) is 6.42 Å². The predicted molar refractivity (Wildman–Crippen MR) is 111 cm³/mol. The normalized spacial score (nSPS) is 14.5. The monoisotopic (exact) mass is 385 g/mol. The second kappa shape index (κ2) is 11.4. The molecule has 1 heterocycles. The first kappa shape index (κ1) is 20.3. The molecular formula is C22H31N3O3. The maximum atomic E-state index is 6.10. The van der Waals surface area contributed by atoms with Crippen molar-refractivity contribution in [3.05, 3.63) is 54.0 Å². The maximum absolute atomic E-state index is 6.10. The molecule has 0 aliphatic heterocycles. The third kappa shape index (κ3) is 6.60. The Labute approximate surface area is 167 Å². The summed E-state index contributed by atoms with van der Waals surface area (Å²) in [5, 5.41) is 6.65. The van der Waals surface area contributed by atoms with Gasteiger partial charge in [-0.15, -0.1) is 0 Å². The van der Waals surface area contributed by atoms with Crippen LogP contribution in [0.1, 0.15) is 43.9 Å². The molecule has 0 radical (unpaired) electrons. The van der Waals surface area contributed by atoms with Gasteiger partial charge in [0, 0.05) is 25.3 Å². The Morgan fingerprint density at radius 1 is 1.18 bits per heavy atom. The Balaban J connectivity index is 1.42. The summed E-state index contributed by atoms with van der Waals surface area (Å²) in [6.45, 7) is 5.46. The topological polar surface area (TPSA) is 68.0 Å². The van der Waals surface area contributed by atoms with Gasteiger partial charge >= 0.3 is 0 Å². The van der Waals surface area contributed by atoms with Gasteiger partial charge in [-0.25, -0.2) is 4.99 Å². The zero-order valence-corrected chi connectivity index (χ0v) is 16.7. The SMILES string of the molecule is CCNC(=NCc1ccccc1OC1CCC1)NCCCOCc1ccco1. The highest BCUT2D eigenvalue weighted by Crippen LogP contribution is 2.27. The average molecular weight is 386 g/mol. The van der Waals surface area contributed by atoms with Crippen LogP contribution in [0.2, 0.25) is 0 Å². The van der Waals surface area contributed by atoms with Crippen LogP contribution in [0.4, 0.5) is 0 Å². The standard InChI is InChI=1S/C22H31N3O3/c1-2-23-22(24-13-7-14-26-17-20-11-6-15-27-20)25-16-18-8-3-4-12-21(18)28-19-9-5-10-19/h3-4,6,8,11-12,15,19H,2,5,7,9-10,13-14,16-17H2,1H3,(H2,23,24,25). The van der Waals surface area contributed by atoms with Crippen LogP contribution in [0.5, 0.6) is 5.75 Å². The summed E-state index contributed by atoms with van der Waals surface area (Å²) in [6, 6.07) is 12.0. The summed E-state index contributed by atoms with van der Waals surface area (Å²) >= 11 is 0. The molecule has 0 amide bonds. The zero-order valence-electron chi connectivity index (χ0n) is 16.7. The van der Waals surface area contributed by atoms with Crippen molar-refractivity contribution in [3.8, 4) is 5.75 Å². The number of nitrogens with zero attached hydrogens (tertiary/aromatic N) is 1. The van der Waals surface area contributed by atoms with Gasteiger partial charge in [0.1, 0.15) is 18.1 Å². The van der Waals surface area contributed by atoms with Gasteiger partial charge in [0.05, 0.1) is 18.9 Å². The average Bonchev–Trinajstić information content (AvgIpc) is 3.19. The molecule has 2 N–H and O–H groups in total. The molecule has 0 saturated heterocycles. The van der Waals surface area contributed by atoms with Gasteiger partial charge in [-0.1, -0.05) is 18.2 Å². The van der Waals surface area contributed by atoms with Gasteiger partial charge in [0.2, 0.25) is 0 Å². The summed E-state index contributed by atoms with van der Waals surface area (Å²) in [4.78, 5) is 4.71. The van der Waals surface area contributed by atoms with Crippen molar-refractivity contribution in [2.24, 2.45) is 4.99 Å². The molecule has 3 rings (SSSR count). The molecule has 1 aromatic carbocycles. The number of guanidine groups is 1. The molecule has 6 nitrogen and oxygen atoms in total. The van der Waals surface area contributed by atoms with E-state index in [0.717, 1.165) is 55.4 Å². The van der Waals surface area contributed by atoms with Gasteiger partial charge in [-0.3, -0.25) is 0 Å². The number of para-hydroxylation sites is 1. The molecular weight excluding hydrogens is 354 g/mol. The van der Waals surface area contributed by atoms with Crippen molar-refractivity contribution in [1.29, 1.82) is 0 Å². The van der Waals surface area contributed by atoms with Gasteiger partial charge < -0.3 is 24.5 Å². The smallest absolute Gasteiger partial charge is 0.191 e. The number of nitrogens with one attached hydrogen (secondary N) is 2. The first-order chi connectivity index (χ1) is 13.8. The number of aliphatic imine (C=N–C) groups is 1. The van der Waals surface area contributed by atoms with Crippen molar-refractivity contribution in [3.63, 3.8) is 0 Å². The lowest BCUT2D eigenvalue weighted by atomic mass is 9.96. The van der Waals surface area contributed by atoms with Crippen LogP contribution in [0.15, 0.2) is 52.1 Å².